The molecular formula is C11H15ClOSi. The molecule has 2 atom stereocenters. The molecule has 1 aliphatic rings. The van der Waals surface area contributed by atoms with Crippen LogP contribution in [-0.2, 0) is 4.74 Å². The summed E-state index contributed by atoms with van der Waals surface area (Å²) in [7, 11) is -1.39. The van der Waals surface area contributed by atoms with Crippen molar-refractivity contribution in [1.82, 2.24) is 0 Å². The second-order valence-electron chi connectivity index (χ2n) is 3.72. The van der Waals surface area contributed by atoms with Crippen molar-refractivity contribution in [2.75, 3.05) is 6.61 Å². The smallest absolute Gasteiger partial charge is 0.201 e. The lowest BCUT2D eigenvalue weighted by Crippen LogP contribution is -2.41. The Kier molecular flexibility index (Phi) is 3.62. The first kappa shape index (κ1) is 10.2. The molecule has 2 unspecified atom stereocenters. The molecule has 0 radical (unpaired) electrons. The topological polar surface area (TPSA) is 9.23 Å². The number of halogens is 1. The van der Waals surface area contributed by atoms with Gasteiger partial charge in [-0.1, -0.05) is 30.3 Å². The monoisotopic (exact) mass is 226 g/mol. The summed E-state index contributed by atoms with van der Waals surface area (Å²) in [5, 5.41) is 1.31. The molecular weight excluding hydrogens is 212 g/mol. The summed E-state index contributed by atoms with van der Waals surface area (Å²) in [6.07, 6.45) is 3.62. The zero-order valence-corrected chi connectivity index (χ0v) is 10.1. The van der Waals surface area contributed by atoms with Gasteiger partial charge in [-0.15, -0.1) is 0 Å². The highest BCUT2D eigenvalue weighted by Gasteiger charge is 2.25. The molecule has 1 fully saturated rings. The van der Waals surface area contributed by atoms with Gasteiger partial charge >= 0.3 is 0 Å². The van der Waals surface area contributed by atoms with Crippen LogP contribution in [0.15, 0.2) is 30.3 Å². The quantitative estimate of drug-likeness (QED) is 0.554. The highest BCUT2D eigenvalue weighted by molar-refractivity contribution is 7.15. The van der Waals surface area contributed by atoms with Crippen LogP contribution < -0.4 is 5.19 Å². The van der Waals surface area contributed by atoms with Crippen molar-refractivity contribution in [1.29, 1.82) is 0 Å². The molecule has 76 valence electrons. The van der Waals surface area contributed by atoms with Gasteiger partial charge in [0.25, 0.3) is 0 Å². The summed E-state index contributed by atoms with van der Waals surface area (Å²) >= 11 is 6.50. The molecule has 0 N–H and O–H groups in total. The van der Waals surface area contributed by atoms with Gasteiger partial charge in [-0.05, 0) is 24.4 Å². The van der Waals surface area contributed by atoms with Gasteiger partial charge in [0, 0.05) is 6.61 Å². The number of hydrogen-bond donors (Lipinski definition) is 0. The Bertz CT molecular complexity index is 272. The average Bonchev–Trinajstić information content (AvgIpc) is 2.30. The average molecular weight is 227 g/mol. The first-order chi connectivity index (χ1) is 6.88. The summed E-state index contributed by atoms with van der Waals surface area (Å²) in [5.74, 6) is 0. The van der Waals surface area contributed by atoms with Crippen molar-refractivity contribution in [3.63, 3.8) is 0 Å². The van der Waals surface area contributed by atoms with E-state index in [1.54, 1.807) is 0 Å². The lowest BCUT2D eigenvalue weighted by atomic mass is 10.2. The summed E-state index contributed by atoms with van der Waals surface area (Å²) < 4.78 is 5.72. The maximum atomic E-state index is 6.50. The number of ether oxygens (including phenoxy) is 1. The van der Waals surface area contributed by atoms with E-state index < -0.39 is 8.11 Å². The van der Waals surface area contributed by atoms with Gasteiger partial charge in [0.2, 0.25) is 8.11 Å². The second-order valence-corrected chi connectivity index (χ2v) is 7.34. The van der Waals surface area contributed by atoms with Gasteiger partial charge in [-0.25, -0.2) is 0 Å². The molecule has 1 saturated heterocycles. The van der Waals surface area contributed by atoms with Crippen LogP contribution in [-0.4, -0.2) is 20.4 Å². The van der Waals surface area contributed by atoms with Crippen molar-refractivity contribution in [2.45, 2.75) is 25.0 Å². The van der Waals surface area contributed by atoms with E-state index in [-0.39, 0.29) is 0 Å². The zero-order valence-electron chi connectivity index (χ0n) is 8.16. The van der Waals surface area contributed by atoms with Crippen molar-refractivity contribution in [2.24, 2.45) is 0 Å². The highest BCUT2D eigenvalue weighted by Crippen LogP contribution is 2.16. The van der Waals surface area contributed by atoms with Crippen LogP contribution in [0.3, 0.4) is 0 Å². The van der Waals surface area contributed by atoms with Gasteiger partial charge in [0.1, 0.15) is 0 Å². The summed E-state index contributed by atoms with van der Waals surface area (Å²) in [4.78, 5) is 0. The van der Waals surface area contributed by atoms with Gasteiger partial charge in [0.05, 0.1) is 5.73 Å². The molecule has 0 bridgehead atoms. The molecule has 0 spiro atoms. The molecule has 0 saturated carbocycles. The predicted octanol–water partition coefficient (Wildman–Crippen LogP) is 1.96. The Morgan fingerprint density at radius 3 is 2.64 bits per heavy atom. The van der Waals surface area contributed by atoms with Crippen LogP contribution in [0.2, 0.25) is 0 Å². The Balaban J connectivity index is 2.03. The van der Waals surface area contributed by atoms with Gasteiger partial charge < -0.3 is 4.74 Å². The molecule has 1 heterocycles. The second kappa shape index (κ2) is 4.96. The molecule has 2 rings (SSSR count). The SMILES string of the molecule is Cl[SiH](c1ccccc1)C1CCCCO1. The van der Waals surface area contributed by atoms with Gasteiger partial charge in [-0.3, -0.25) is 0 Å². The third-order valence-corrected chi connectivity index (χ3v) is 6.46. The van der Waals surface area contributed by atoms with Crippen LogP contribution in [0.25, 0.3) is 0 Å². The minimum atomic E-state index is -1.39. The molecule has 14 heavy (non-hydrogen) atoms. The van der Waals surface area contributed by atoms with E-state index in [9.17, 15) is 0 Å². The fraction of sp³-hybridized carbons (Fsp3) is 0.455. The summed E-state index contributed by atoms with van der Waals surface area (Å²) in [6, 6.07) is 10.4. The fourth-order valence-corrected chi connectivity index (χ4v) is 4.73. The third-order valence-electron chi connectivity index (χ3n) is 2.66. The lowest BCUT2D eigenvalue weighted by Gasteiger charge is -2.25. The van der Waals surface area contributed by atoms with Crippen LogP contribution >= 0.6 is 11.1 Å². The van der Waals surface area contributed by atoms with E-state index in [2.05, 4.69) is 24.3 Å². The molecule has 0 aliphatic carbocycles. The largest absolute Gasteiger partial charge is 0.380 e. The molecule has 3 heteroatoms. The van der Waals surface area contributed by atoms with Gasteiger partial charge in [0.15, 0.2) is 0 Å². The van der Waals surface area contributed by atoms with Crippen molar-refractivity contribution in [3.8, 4) is 0 Å². The molecule has 0 aromatic heterocycles. The standard InChI is InChI=1S/C11H15ClOSi/c12-14(10-6-2-1-3-7-10)11-8-4-5-9-13-11/h1-3,6-7,11,14H,4-5,8-9H2. The van der Waals surface area contributed by atoms with E-state index in [1.165, 1.54) is 18.0 Å². The zero-order chi connectivity index (χ0) is 9.80. The van der Waals surface area contributed by atoms with Crippen molar-refractivity contribution in [3.05, 3.63) is 30.3 Å². The molecule has 1 aliphatic heterocycles. The molecule has 1 aromatic rings. The van der Waals surface area contributed by atoms with Crippen LogP contribution in [0.1, 0.15) is 19.3 Å². The Morgan fingerprint density at radius 2 is 2.00 bits per heavy atom. The molecule has 1 aromatic carbocycles. The Morgan fingerprint density at radius 1 is 1.21 bits per heavy atom. The normalized spacial score (nSPS) is 24.5. The third kappa shape index (κ3) is 2.38. The van der Waals surface area contributed by atoms with E-state index in [4.69, 9.17) is 15.8 Å². The van der Waals surface area contributed by atoms with E-state index in [1.807, 2.05) is 6.07 Å². The number of benzene rings is 1. The number of hydrogen-bond acceptors (Lipinski definition) is 1. The first-order valence-electron chi connectivity index (χ1n) is 5.18. The molecule has 1 nitrogen and oxygen atoms in total. The van der Waals surface area contributed by atoms with E-state index in [0.717, 1.165) is 13.0 Å². The van der Waals surface area contributed by atoms with Crippen molar-refractivity contribution >= 4 is 24.4 Å². The highest BCUT2D eigenvalue weighted by atomic mass is 35.6. The minimum absolute atomic E-state index is 0.341. The van der Waals surface area contributed by atoms with Crippen LogP contribution in [0.4, 0.5) is 0 Å². The Hall–Kier alpha value is -0.313. The van der Waals surface area contributed by atoms with Crippen LogP contribution in [0, 0.1) is 0 Å². The maximum Gasteiger partial charge on any atom is 0.201 e. The van der Waals surface area contributed by atoms with Crippen LogP contribution in [0.5, 0.6) is 0 Å². The van der Waals surface area contributed by atoms with Crippen molar-refractivity contribution < 1.29 is 4.74 Å². The molecule has 0 amide bonds. The summed E-state index contributed by atoms with van der Waals surface area (Å²) in [5.41, 5.74) is 0.341. The van der Waals surface area contributed by atoms with Gasteiger partial charge in [-0.2, -0.15) is 11.1 Å². The fourth-order valence-electron chi connectivity index (χ4n) is 1.85. The summed E-state index contributed by atoms with van der Waals surface area (Å²) in [6.45, 7) is 0.897. The van der Waals surface area contributed by atoms with E-state index >= 15 is 0 Å². The predicted molar refractivity (Wildman–Crippen MR) is 62.7 cm³/mol. The number of rotatable bonds is 2. The first-order valence-corrected chi connectivity index (χ1v) is 8.17. The minimum Gasteiger partial charge on any atom is -0.380 e. The van der Waals surface area contributed by atoms with E-state index in [0.29, 0.717) is 5.73 Å². The Labute approximate surface area is 91.4 Å². The maximum absolute atomic E-state index is 6.50. The lowest BCUT2D eigenvalue weighted by molar-refractivity contribution is 0.0650.